The minimum Gasteiger partial charge on any atom is -0.480 e. The summed E-state index contributed by atoms with van der Waals surface area (Å²) in [7, 11) is 0. The number of carboxylic acids is 1. The van der Waals surface area contributed by atoms with Gasteiger partial charge in [-0.15, -0.1) is 0 Å². The maximum Gasteiger partial charge on any atom is 0.407 e. The molecule has 0 bridgehead atoms. The number of ether oxygens (including phenoxy) is 1. The highest BCUT2D eigenvalue weighted by atomic mass is 16.5. The fourth-order valence-electron chi connectivity index (χ4n) is 6.91. The molecule has 0 radical (unpaired) electrons. The normalized spacial score (nSPS) is 28.6. The highest BCUT2D eigenvalue weighted by Gasteiger charge is 2.51. The maximum atomic E-state index is 13.0. The standard InChI is InChI=1S/C28H30N2O5/c31-26(30-11-5-10-25(30)27(32)33)17-12-16-14-24(22(16)13-17)29-28(34)35-15-23-20-8-3-1-6-18(20)19-7-2-4-9-21(19)23/h1-4,6-9,16-17,22-25H,5,10-15H2,(H,29,34)(H,32,33)/t16-,17?,22-,24+,25+/m1/s1. The highest BCUT2D eigenvalue weighted by molar-refractivity contribution is 5.86. The highest BCUT2D eigenvalue weighted by Crippen LogP contribution is 2.50. The van der Waals surface area contributed by atoms with Crippen LogP contribution in [0.5, 0.6) is 0 Å². The Morgan fingerprint density at radius 1 is 0.971 bits per heavy atom. The van der Waals surface area contributed by atoms with Crippen LogP contribution in [-0.4, -0.2) is 53.2 Å². The second kappa shape index (κ2) is 8.70. The second-order valence-corrected chi connectivity index (χ2v) is 10.4. The van der Waals surface area contributed by atoms with Gasteiger partial charge in [-0.1, -0.05) is 48.5 Å². The predicted octanol–water partition coefficient (Wildman–Crippen LogP) is 4.02. The van der Waals surface area contributed by atoms with Gasteiger partial charge in [0.2, 0.25) is 5.91 Å². The number of likely N-dealkylation sites (tertiary alicyclic amines) is 1. The first-order valence-corrected chi connectivity index (χ1v) is 12.7. The molecule has 0 spiro atoms. The summed E-state index contributed by atoms with van der Waals surface area (Å²) >= 11 is 0. The van der Waals surface area contributed by atoms with Gasteiger partial charge in [-0.2, -0.15) is 0 Å². The molecule has 7 nitrogen and oxygen atoms in total. The third-order valence-electron chi connectivity index (χ3n) is 8.64. The van der Waals surface area contributed by atoms with E-state index in [0.717, 1.165) is 19.3 Å². The minimum atomic E-state index is -0.911. The molecule has 1 aliphatic heterocycles. The maximum absolute atomic E-state index is 13.0. The Labute approximate surface area is 204 Å². The molecule has 35 heavy (non-hydrogen) atoms. The van der Waals surface area contributed by atoms with E-state index in [1.54, 1.807) is 4.90 Å². The van der Waals surface area contributed by atoms with Crippen LogP contribution in [-0.2, 0) is 14.3 Å². The van der Waals surface area contributed by atoms with Gasteiger partial charge in [0.05, 0.1) is 0 Å². The Balaban J connectivity index is 1.04. The van der Waals surface area contributed by atoms with Gasteiger partial charge in [0.15, 0.2) is 0 Å². The molecule has 1 unspecified atom stereocenters. The first-order chi connectivity index (χ1) is 17.0. The van der Waals surface area contributed by atoms with E-state index in [1.165, 1.54) is 22.3 Å². The summed E-state index contributed by atoms with van der Waals surface area (Å²) in [5.41, 5.74) is 4.76. The van der Waals surface area contributed by atoms with Gasteiger partial charge in [0, 0.05) is 24.4 Å². The molecule has 2 aromatic carbocycles. The number of carbonyl (C=O) groups is 3. The lowest BCUT2D eigenvalue weighted by Gasteiger charge is -2.40. The Hall–Kier alpha value is -3.35. The van der Waals surface area contributed by atoms with E-state index in [4.69, 9.17) is 4.74 Å². The van der Waals surface area contributed by atoms with Gasteiger partial charge in [0.1, 0.15) is 12.6 Å². The third-order valence-corrected chi connectivity index (χ3v) is 8.64. The molecular formula is C28H30N2O5. The van der Waals surface area contributed by atoms with Crippen molar-refractivity contribution < 1.29 is 24.2 Å². The number of alkyl carbamates (subject to hydrolysis) is 1. The third kappa shape index (κ3) is 3.77. The van der Waals surface area contributed by atoms with Gasteiger partial charge in [-0.3, -0.25) is 4.79 Å². The Morgan fingerprint density at radius 2 is 1.66 bits per heavy atom. The fraction of sp³-hybridized carbons (Fsp3) is 0.464. The Morgan fingerprint density at radius 3 is 2.34 bits per heavy atom. The summed E-state index contributed by atoms with van der Waals surface area (Å²) in [6.07, 6.45) is 3.22. The number of nitrogens with zero attached hydrogens (tertiary/aromatic N) is 1. The van der Waals surface area contributed by atoms with E-state index in [0.29, 0.717) is 25.3 Å². The van der Waals surface area contributed by atoms with Crippen molar-refractivity contribution in [2.45, 2.75) is 50.1 Å². The lowest BCUT2D eigenvalue weighted by atomic mass is 9.71. The molecule has 7 heteroatoms. The first kappa shape index (κ1) is 22.1. The number of carbonyl (C=O) groups excluding carboxylic acids is 2. The molecule has 3 fully saturated rings. The summed E-state index contributed by atoms with van der Waals surface area (Å²) in [4.78, 5) is 38.7. The van der Waals surface area contributed by atoms with Crippen molar-refractivity contribution in [3.63, 3.8) is 0 Å². The van der Waals surface area contributed by atoms with Crippen molar-refractivity contribution in [3.8, 4) is 11.1 Å². The van der Waals surface area contributed by atoms with Gasteiger partial charge >= 0.3 is 12.1 Å². The van der Waals surface area contributed by atoms with Crippen molar-refractivity contribution in [1.82, 2.24) is 10.2 Å². The van der Waals surface area contributed by atoms with Crippen molar-refractivity contribution in [3.05, 3.63) is 59.7 Å². The van der Waals surface area contributed by atoms with Crippen LogP contribution in [0.15, 0.2) is 48.5 Å². The molecule has 1 heterocycles. The molecule has 4 aliphatic rings. The number of fused-ring (bicyclic) bond motifs is 4. The molecule has 2 amide bonds. The van der Waals surface area contributed by atoms with Crippen LogP contribution in [0.4, 0.5) is 4.79 Å². The van der Waals surface area contributed by atoms with Gasteiger partial charge in [-0.05, 0) is 66.2 Å². The van der Waals surface area contributed by atoms with Gasteiger partial charge in [-0.25, -0.2) is 9.59 Å². The average Bonchev–Trinajstić information content (AvgIpc) is 3.56. The van der Waals surface area contributed by atoms with Crippen LogP contribution in [0.3, 0.4) is 0 Å². The number of aliphatic carboxylic acids is 1. The molecule has 1 saturated heterocycles. The first-order valence-electron chi connectivity index (χ1n) is 12.7. The van der Waals surface area contributed by atoms with E-state index in [9.17, 15) is 19.5 Å². The molecule has 182 valence electrons. The van der Waals surface area contributed by atoms with E-state index in [1.807, 2.05) is 24.3 Å². The van der Waals surface area contributed by atoms with Crippen LogP contribution in [0.1, 0.15) is 49.1 Å². The zero-order valence-electron chi connectivity index (χ0n) is 19.6. The zero-order valence-corrected chi connectivity index (χ0v) is 19.6. The second-order valence-electron chi connectivity index (χ2n) is 10.4. The molecule has 2 saturated carbocycles. The SMILES string of the molecule is O=C(N[C@H]1C[C@H]2CC(C(=O)N3CCC[C@H]3C(=O)O)C[C@H]21)OCC1c2ccccc2-c2ccccc21. The van der Waals surface area contributed by atoms with Crippen molar-refractivity contribution in [1.29, 1.82) is 0 Å². The zero-order chi connectivity index (χ0) is 24.1. The fourth-order valence-corrected chi connectivity index (χ4v) is 6.91. The Bertz CT molecular complexity index is 1130. The number of nitrogens with one attached hydrogen (secondary N) is 1. The van der Waals surface area contributed by atoms with Crippen LogP contribution in [0.25, 0.3) is 11.1 Å². The van der Waals surface area contributed by atoms with E-state index in [2.05, 4.69) is 29.6 Å². The molecule has 2 aromatic rings. The predicted molar refractivity (Wildman–Crippen MR) is 129 cm³/mol. The monoisotopic (exact) mass is 474 g/mol. The number of carboxylic acid groups (broad SMARTS) is 1. The summed E-state index contributed by atoms with van der Waals surface area (Å²) in [6, 6.07) is 15.9. The summed E-state index contributed by atoms with van der Waals surface area (Å²) in [6.45, 7) is 0.816. The number of amides is 2. The number of benzene rings is 2. The van der Waals surface area contributed by atoms with E-state index >= 15 is 0 Å². The molecule has 0 aromatic heterocycles. The van der Waals surface area contributed by atoms with Crippen molar-refractivity contribution >= 4 is 18.0 Å². The summed E-state index contributed by atoms with van der Waals surface area (Å²) < 4.78 is 5.70. The van der Waals surface area contributed by atoms with E-state index in [-0.39, 0.29) is 36.3 Å². The molecular weight excluding hydrogens is 444 g/mol. The van der Waals surface area contributed by atoms with Crippen LogP contribution < -0.4 is 5.32 Å². The summed E-state index contributed by atoms with van der Waals surface area (Å²) in [5.74, 6) is -0.377. The minimum absolute atomic E-state index is 0.0160. The van der Waals surface area contributed by atoms with Crippen molar-refractivity contribution in [2.75, 3.05) is 13.2 Å². The Kier molecular flexibility index (Phi) is 5.50. The van der Waals surface area contributed by atoms with E-state index < -0.39 is 18.1 Å². The van der Waals surface area contributed by atoms with Crippen LogP contribution in [0.2, 0.25) is 0 Å². The molecule has 2 N–H and O–H groups in total. The lowest BCUT2D eigenvalue weighted by Crippen LogP contribution is -2.50. The molecule has 3 aliphatic carbocycles. The van der Waals surface area contributed by atoms with Gasteiger partial charge in [0.25, 0.3) is 0 Å². The number of hydrogen-bond acceptors (Lipinski definition) is 4. The lowest BCUT2D eigenvalue weighted by molar-refractivity contribution is -0.149. The van der Waals surface area contributed by atoms with Crippen LogP contribution >= 0.6 is 0 Å². The number of hydrogen-bond donors (Lipinski definition) is 2. The van der Waals surface area contributed by atoms with Gasteiger partial charge < -0.3 is 20.1 Å². The molecule has 6 rings (SSSR count). The van der Waals surface area contributed by atoms with Crippen LogP contribution in [0, 0.1) is 17.8 Å². The smallest absolute Gasteiger partial charge is 0.407 e. The largest absolute Gasteiger partial charge is 0.480 e. The quantitative estimate of drug-likeness (QED) is 0.683. The summed E-state index contributed by atoms with van der Waals surface area (Å²) in [5, 5.41) is 12.5. The average molecular weight is 475 g/mol. The van der Waals surface area contributed by atoms with Crippen molar-refractivity contribution in [2.24, 2.45) is 17.8 Å². The topological polar surface area (TPSA) is 95.9 Å². The number of rotatable bonds is 5. The molecule has 5 atom stereocenters.